The van der Waals surface area contributed by atoms with Crippen molar-refractivity contribution in [3.8, 4) is 0 Å². The second-order valence-corrected chi connectivity index (χ2v) is 5.41. The molecular weight excluding hydrogens is 282 g/mol. The maximum absolute atomic E-state index is 12.6. The number of carbonyl (C=O) groups is 1. The molecule has 2 aromatic heterocycles. The number of fused-ring (bicyclic) bond motifs is 1. The summed E-state index contributed by atoms with van der Waals surface area (Å²) in [5, 5.41) is 13.3. The fourth-order valence-electron chi connectivity index (χ4n) is 2.32. The predicted octanol–water partition coefficient (Wildman–Crippen LogP) is 1.37. The average molecular weight is 305 g/mol. The maximum Gasteiger partial charge on any atom is 0.293 e. The highest BCUT2D eigenvalue weighted by Gasteiger charge is 2.20. The fraction of sp³-hybridized carbons (Fsp3) is 0.600. The Morgan fingerprint density at radius 1 is 1.27 bits per heavy atom. The summed E-state index contributed by atoms with van der Waals surface area (Å²) in [6, 6.07) is 1.90. The highest BCUT2D eigenvalue weighted by molar-refractivity contribution is 5.90. The van der Waals surface area contributed by atoms with Gasteiger partial charge < -0.3 is 10.0 Å². The average Bonchev–Trinajstić information content (AvgIpc) is 2.91. The quantitative estimate of drug-likeness (QED) is 0.835. The summed E-state index contributed by atoms with van der Waals surface area (Å²) < 4.78 is 1.59. The minimum absolute atomic E-state index is 0.0638. The van der Waals surface area contributed by atoms with E-state index in [0.717, 1.165) is 24.2 Å². The van der Waals surface area contributed by atoms with E-state index in [0.29, 0.717) is 25.3 Å². The van der Waals surface area contributed by atoms with E-state index in [9.17, 15) is 4.79 Å². The van der Waals surface area contributed by atoms with Crippen LogP contribution >= 0.6 is 0 Å². The van der Waals surface area contributed by atoms with Crippen LogP contribution in [0.2, 0.25) is 0 Å². The van der Waals surface area contributed by atoms with Gasteiger partial charge in [0.15, 0.2) is 0 Å². The number of aromatic nitrogens is 4. The molecule has 1 amide bonds. The van der Waals surface area contributed by atoms with Crippen molar-refractivity contribution >= 4 is 11.7 Å². The molecule has 0 spiro atoms. The van der Waals surface area contributed by atoms with Gasteiger partial charge in [0.05, 0.1) is 0 Å². The number of aliphatic hydroxyl groups excluding tert-OH is 1. The lowest BCUT2D eigenvalue weighted by atomic mass is 10.3. The van der Waals surface area contributed by atoms with Crippen molar-refractivity contribution in [3.05, 3.63) is 23.3 Å². The lowest BCUT2D eigenvalue weighted by molar-refractivity contribution is 0.0730. The van der Waals surface area contributed by atoms with Crippen molar-refractivity contribution in [2.24, 2.45) is 0 Å². The van der Waals surface area contributed by atoms with Crippen LogP contribution in [0.5, 0.6) is 0 Å². The first-order valence-corrected chi connectivity index (χ1v) is 7.68. The molecule has 0 fully saturated rings. The van der Waals surface area contributed by atoms with Crippen LogP contribution in [0.25, 0.3) is 5.78 Å². The van der Waals surface area contributed by atoms with Crippen molar-refractivity contribution in [2.45, 2.75) is 40.0 Å². The van der Waals surface area contributed by atoms with Gasteiger partial charge in [0.1, 0.15) is 0 Å². The number of aliphatic hydroxyl groups is 1. The van der Waals surface area contributed by atoms with Gasteiger partial charge in [-0.25, -0.2) is 9.50 Å². The molecule has 0 aliphatic rings. The van der Waals surface area contributed by atoms with Crippen LogP contribution in [-0.4, -0.2) is 55.2 Å². The molecule has 2 rings (SSSR count). The normalized spacial score (nSPS) is 11.1. The molecule has 7 heteroatoms. The zero-order valence-corrected chi connectivity index (χ0v) is 13.4. The van der Waals surface area contributed by atoms with Gasteiger partial charge in [-0.1, -0.05) is 13.3 Å². The molecule has 0 radical (unpaired) electrons. The first-order valence-electron chi connectivity index (χ1n) is 7.68. The summed E-state index contributed by atoms with van der Waals surface area (Å²) in [5.74, 6) is 0.401. The monoisotopic (exact) mass is 305 g/mol. The Morgan fingerprint density at radius 2 is 2.00 bits per heavy atom. The first-order chi connectivity index (χ1) is 10.6. The molecule has 2 aromatic rings. The van der Waals surface area contributed by atoms with E-state index < -0.39 is 0 Å². The molecule has 0 saturated heterocycles. The highest BCUT2D eigenvalue weighted by atomic mass is 16.3. The summed E-state index contributed by atoms with van der Waals surface area (Å²) in [6.07, 6.45) is 2.47. The topological polar surface area (TPSA) is 83.6 Å². The van der Waals surface area contributed by atoms with E-state index in [2.05, 4.69) is 22.0 Å². The van der Waals surface area contributed by atoms with Crippen LogP contribution in [0.3, 0.4) is 0 Å². The van der Waals surface area contributed by atoms with E-state index in [1.54, 1.807) is 9.42 Å². The van der Waals surface area contributed by atoms with Gasteiger partial charge in [0.25, 0.3) is 11.7 Å². The molecule has 1 N–H and O–H groups in total. The van der Waals surface area contributed by atoms with Gasteiger partial charge in [-0.3, -0.25) is 4.79 Å². The number of nitrogens with zero attached hydrogens (tertiary/aromatic N) is 5. The van der Waals surface area contributed by atoms with E-state index in [-0.39, 0.29) is 18.3 Å². The van der Waals surface area contributed by atoms with Crippen molar-refractivity contribution in [2.75, 3.05) is 19.7 Å². The third-order valence-corrected chi connectivity index (χ3v) is 3.46. The number of aryl methyl sites for hydroxylation is 2. The van der Waals surface area contributed by atoms with Crippen molar-refractivity contribution < 1.29 is 9.90 Å². The SMILES string of the molecule is CCCCN(CCCO)C(=O)c1nc2nc(C)cc(C)n2n1. The summed E-state index contributed by atoms with van der Waals surface area (Å²) in [5.41, 5.74) is 1.74. The molecule has 0 aliphatic heterocycles. The Balaban J connectivity index is 2.27. The maximum atomic E-state index is 12.6. The smallest absolute Gasteiger partial charge is 0.293 e. The van der Waals surface area contributed by atoms with Crippen LogP contribution in [0.15, 0.2) is 6.07 Å². The van der Waals surface area contributed by atoms with E-state index >= 15 is 0 Å². The summed E-state index contributed by atoms with van der Waals surface area (Å²) >= 11 is 0. The molecule has 0 unspecified atom stereocenters. The van der Waals surface area contributed by atoms with Crippen molar-refractivity contribution in [1.29, 1.82) is 0 Å². The zero-order chi connectivity index (χ0) is 16.1. The molecule has 0 saturated carbocycles. The van der Waals surface area contributed by atoms with Gasteiger partial charge in [0.2, 0.25) is 5.82 Å². The third-order valence-electron chi connectivity index (χ3n) is 3.46. The standard InChI is InChI=1S/C15H23N5O2/c1-4-5-7-19(8-6-9-21)14(22)13-17-15-16-11(2)10-12(3)20(15)18-13/h10,21H,4-9H2,1-3H3. The lowest BCUT2D eigenvalue weighted by Gasteiger charge is -2.20. The van der Waals surface area contributed by atoms with E-state index in [1.807, 2.05) is 19.9 Å². The Labute approximate surface area is 130 Å². The van der Waals surface area contributed by atoms with Crippen LogP contribution < -0.4 is 0 Å². The van der Waals surface area contributed by atoms with Gasteiger partial charge in [-0.05, 0) is 32.8 Å². The van der Waals surface area contributed by atoms with Crippen LogP contribution in [0, 0.1) is 13.8 Å². The predicted molar refractivity (Wildman–Crippen MR) is 82.8 cm³/mol. The largest absolute Gasteiger partial charge is 0.396 e. The second kappa shape index (κ2) is 7.31. The number of unbranched alkanes of at least 4 members (excludes halogenated alkanes) is 1. The molecule has 0 aliphatic carbocycles. The third kappa shape index (κ3) is 3.59. The Bertz CT molecular complexity index is 645. The fourth-order valence-corrected chi connectivity index (χ4v) is 2.32. The zero-order valence-electron chi connectivity index (χ0n) is 13.4. The summed E-state index contributed by atoms with van der Waals surface area (Å²) in [6.45, 7) is 7.10. The van der Waals surface area contributed by atoms with Gasteiger partial charge in [-0.15, -0.1) is 5.10 Å². The molecule has 0 atom stereocenters. The number of rotatable bonds is 7. The van der Waals surface area contributed by atoms with Crippen LogP contribution in [-0.2, 0) is 0 Å². The highest BCUT2D eigenvalue weighted by Crippen LogP contribution is 2.08. The Hall–Kier alpha value is -2.02. The molecule has 0 aromatic carbocycles. The lowest BCUT2D eigenvalue weighted by Crippen LogP contribution is -2.34. The Morgan fingerprint density at radius 3 is 2.68 bits per heavy atom. The van der Waals surface area contributed by atoms with Crippen LogP contribution in [0.4, 0.5) is 0 Å². The first kappa shape index (κ1) is 16.4. The van der Waals surface area contributed by atoms with Gasteiger partial charge >= 0.3 is 0 Å². The molecular formula is C15H23N5O2. The number of amides is 1. The Kier molecular flexibility index (Phi) is 5.43. The van der Waals surface area contributed by atoms with E-state index in [1.165, 1.54) is 0 Å². The van der Waals surface area contributed by atoms with Gasteiger partial charge in [0, 0.05) is 31.1 Å². The summed E-state index contributed by atoms with van der Waals surface area (Å²) in [4.78, 5) is 22.9. The van der Waals surface area contributed by atoms with Crippen LogP contribution in [0.1, 0.15) is 48.2 Å². The number of hydrogen-bond acceptors (Lipinski definition) is 5. The molecule has 0 bridgehead atoms. The van der Waals surface area contributed by atoms with Crippen molar-refractivity contribution in [3.63, 3.8) is 0 Å². The summed E-state index contributed by atoms with van der Waals surface area (Å²) in [7, 11) is 0. The number of hydrogen-bond donors (Lipinski definition) is 1. The molecule has 2 heterocycles. The van der Waals surface area contributed by atoms with Gasteiger partial charge in [-0.2, -0.15) is 4.98 Å². The molecule has 7 nitrogen and oxygen atoms in total. The van der Waals surface area contributed by atoms with E-state index in [4.69, 9.17) is 5.11 Å². The minimum Gasteiger partial charge on any atom is -0.396 e. The second-order valence-electron chi connectivity index (χ2n) is 5.41. The minimum atomic E-state index is -0.204. The molecule has 22 heavy (non-hydrogen) atoms. The van der Waals surface area contributed by atoms with Crippen molar-refractivity contribution in [1.82, 2.24) is 24.5 Å². The number of carbonyl (C=O) groups excluding carboxylic acids is 1. The molecule has 120 valence electrons.